The van der Waals surface area contributed by atoms with Gasteiger partial charge in [-0.15, -0.1) is 0 Å². The van der Waals surface area contributed by atoms with Crippen molar-refractivity contribution in [3.05, 3.63) is 71.8 Å². The first-order valence-electron chi connectivity index (χ1n) is 7.82. The zero-order valence-corrected chi connectivity index (χ0v) is 13.7. The highest BCUT2D eigenvalue weighted by molar-refractivity contribution is 5.77. The van der Waals surface area contributed by atoms with Crippen molar-refractivity contribution in [3.63, 3.8) is 0 Å². The zero-order valence-electron chi connectivity index (χ0n) is 13.7. The third kappa shape index (κ3) is 5.36. The first-order valence-corrected chi connectivity index (χ1v) is 7.82. The van der Waals surface area contributed by atoms with Crippen molar-refractivity contribution in [2.75, 3.05) is 0 Å². The maximum absolute atomic E-state index is 12.3. The summed E-state index contributed by atoms with van der Waals surface area (Å²) >= 11 is 0. The summed E-state index contributed by atoms with van der Waals surface area (Å²) < 4.78 is 0. The first kappa shape index (κ1) is 16.3. The second-order valence-corrected chi connectivity index (χ2v) is 6.96. The number of rotatable bonds is 5. The molecule has 0 fully saturated rings. The summed E-state index contributed by atoms with van der Waals surface area (Å²) in [5.41, 5.74) is 2.37. The molecule has 0 aliphatic rings. The van der Waals surface area contributed by atoms with Crippen LogP contribution in [0.4, 0.5) is 0 Å². The molecule has 0 radical (unpaired) electrons. The van der Waals surface area contributed by atoms with Gasteiger partial charge in [0, 0.05) is 6.42 Å². The molecule has 2 nitrogen and oxygen atoms in total. The zero-order chi connectivity index (χ0) is 16.0. The van der Waals surface area contributed by atoms with Crippen molar-refractivity contribution in [1.82, 2.24) is 5.32 Å². The van der Waals surface area contributed by atoms with Gasteiger partial charge in [0.05, 0.1) is 6.04 Å². The Bertz CT molecular complexity index is 584. The Morgan fingerprint density at radius 3 is 2.05 bits per heavy atom. The van der Waals surface area contributed by atoms with E-state index in [2.05, 4.69) is 50.4 Å². The number of hydrogen-bond donors (Lipinski definition) is 1. The van der Waals surface area contributed by atoms with Gasteiger partial charge in [0.2, 0.25) is 5.91 Å². The van der Waals surface area contributed by atoms with Crippen LogP contribution in [0, 0.1) is 5.41 Å². The molecule has 0 aliphatic heterocycles. The Hall–Kier alpha value is -2.09. The number of benzene rings is 2. The van der Waals surface area contributed by atoms with E-state index in [0.29, 0.717) is 6.42 Å². The quantitative estimate of drug-likeness (QED) is 0.863. The monoisotopic (exact) mass is 295 g/mol. The van der Waals surface area contributed by atoms with E-state index in [9.17, 15) is 4.79 Å². The van der Waals surface area contributed by atoms with E-state index in [1.54, 1.807) is 0 Å². The Morgan fingerprint density at radius 2 is 1.50 bits per heavy atom. The van der Waals surface area contributed by atoms with Crippen molar-refractivity contribution in [2.24, 2.45) is 5.41 Å². The van der Waals surface area contributed by atoms with Gasteiger partial charge in [-0.25, -0.2) is 0 Å². The molecule has 0 spiro atoms. The highest BCUT2D eigenvalue weighted by Crippen LogP contribution is 2.22. The molecule has 2 heteroatoms. The summed E-state index contributed by atoms with van der Waals surface area (Å²) in [6.45, 7) is 6.25. The van der Waals surface area contributed by atoms with E-state index in [1.165, 1.54) is 5.56 Å². The number of carbonyl (C=O) groups is 1. The topological polar surface area (TPSA) is 29.1 Å². The van der Waals surface area contributed by atoms with Crippen molar-refractivity contribution >= 4 is 5.91 Å². The molecule has 22 heavy (non-hydrogen) atoms. The highest BCUT2D eigenvalue weighted by atomic mass is 16.1. The molecule has 0 bridgehead atoms. The lowest BCUT2D eigenvalue weighted by Crippen LogP contribution is -2.32. The van der Waals surface area contributed by atoms with Gasteiger partial charge < -0.3 is 5.32 Å². The number of amides is 1. The van der Waals surface area contributed by atoms with Gasteiger partial charge in [-0.05, 0) is 23.0 Å². The molecule has 2 aromatic carbocycles. The largest absolute Gasteiger partial charge is 0.349 e. The fraction of sp³-hybridized carbons (Fsp3) is 0.350. The van der Waals surface area contributed by atoms with Crippen LogP contribution in [0.5, 0.6) is 0 Å². The summed E-state index contributed by atoms with van der Waals surface area (Å²) in [5.74, 6) is 0.109. The van der Waals surface area contributed by atoms with Gasteiger partial charge >= 0.3 is 0 Å². The Kier molecular flexibility index (Phi) is 5.37. The summed E-state index contributed by atoms with van der Waals surface area (Å²) in [4.78, 5) is 12.3. The molecule has 116 valence electrons. The number of hydrogen-bond acceptors (Lipinski definition) is 1. The minimum atomic E-state index is -0.00192. The van der Waals surface area contributed by atoms with Crippen molar-refractivity contribution in [1.29, 1.82) is 0 Å². The van der Waals surface area contributed by atoms with Crippen LogP contribution in [0.2, 0.25) is 0 Å². The fourth-order valence-electron chi connectivity index (χ4n) is 2.51. The Balaban J connectivity index is 2.14. The minimum Gasteiger partial charge on any atom is -0.349 e. The molecule has 1 unspecified atom stereocenters. The van der Waals surface area contributed by atoms with Crippen LogP contribution in [0.25, 0.3) is 0 Å². The number of carbonyl (C=O) groups excluding carboxylic acids is 1. The van der Waals surface area contributed by atoms with Crippen LogP contribution < -0.4 is 5.32 Å². The maximum atomic E-state index is 12.3. The molecule has 0 aromatic heterocycles. The average Bonchev–Trinajstić information content (AvgIpc) is 2.47. The normalized spacial score (nSPS) is 12.7. The van der Waals surface area contributed by atoms with Crippen LogP contribution in [-0.4, -0.2) is 5.91 Å². The van der Waals surface area contributed by atoms with E-state index in [-0.39, 0.29) is 17.4 Å². The molecule has 1 atom stereocenters. The van der Waals surface area contributed by atoms with Crippen LogP contribution in [0.1, 0.15) is 44.4 Å². The molecule has 1 amide bonds. The maximum Gasteiger partial charge on any atom is 0.221 e. The van der Waals surface area contributed by atoms with Crippen LogP contribution in [0.3, 0.4) is 0 Å². The van der Waals surface area contributed by atoms with E-state index in [1.807, 2.05) is 36.4 Å². The third-order valence-electron chi connectivity index (χ3n) is 3.51. The van der Waals surface area contributed by atoms with Crippen LogP contribution in [-0.2, 0) is 11.2 Å². The second-order valence-electron chi connectivity index (χ2n) is 6.96. The summed E-state index contributed by atoms with van der Waals surface area (Å²) in [7, 11) is 0. The average molecular weight is 295 g/mol. The third-order valence-corrected chi connectivity index (χ3v) is 3.51. The van der Waals surface area contributed by atoms with Gasteiger partial charge in [0.15, 0.2) is 0 Å². The molecular formula is C20H25NO. The smallest absolute Gasteiger partial charge is 0.221 e. The highest BCUT2D eigenvalue weighted by Gasteiger charge is 2.20. The van der Waals surface area contributed by atoms with Gasteiger partial charge in [-0.2, -0.15) is 0 Å². The van der Waals surface area contributed by atoms with Crippen molar-refractivity contribution in [3.8, 4) is 0 Å². The summed E-state index contributed by atoms with van der Waals surface area (Å²) in [5, 5.41) is 3.20. The lowest BCUT2D eigenvalue weighted by atomic mass is 9.91. The predicted octanol–water partition coefficient (Wildman–Crippen LogP) is 4.52. The van der Waals surface area contributed by atoms with Crippen LogP contribution >= 0.6 is 0 Å². The van der Waals surface area contributed by atoms with Crippen molar-refractivity contribution in [2.45, 2.75) is 39.7 Å². The molecule has 0 saturated carbocycles. The van der Waals surface area contributed by atoms with Gasteiger partial charge in [-0.1, -0.05) is 81.4 Å². The summed E-state index contributed by atoms with van der Waals surface area (Å²) in [6, 6.07) is 20.5. The molecule has 0 heterocycles. The van der Waals surface area contributed by atoms with Gasteiger partial charge in [0.1, 0.15) is 0 Å². The molecule has 0 saturated heterocycles. The molecular weight excluding hydrogens is 270 g/mol. The lowest BCUT2D eigenvalue weighted by molar-refractivity contribution is -0.123. The number of nitrogens with one attached hydrogen (secondary N) is 1. The van der Waals surface area contributed by atoms with Crippen molar-refractivity contribution < 1.29 is 4.79 Å². The lowest BCUT2D eigenvalue weighted by Gasteiger charge is -2.23. The molecule has 2 rings (SSSR count). The Morgan fingerprint density at radius 1 is 0.955 bits per heavy atom. The standard InChI is InChI=1S/C20H25NO/c1-20(2,3)15-19(22)21-18(17-12-8-5-9-13-17)14-16-10-6-4-7-11-16/h4-13,18H,14-15H2,1-3H3,(H,21,22). The minimum absolute atomic E-state index is 0.00192. The molecule has 0 aliphatic carbocycles. The van der Waals surface area contributed by atoms with E-state index in [4.69, 9.17) is 0 Å². The first-order chi connectivity index (χ1) is 10.4. The van der Waals surface area contributed by atoms with Crippen LogP contribution in [0.15, 0.2) is 60.7 Å². The van der Waals surface area contributed by atoms with E-state index < -0.39 is 0 Å². The fourth-order valence-corrected chi connectivity index (χ4v) is 2.51. The van der Waals surface area contributed by atoms with E-state index in [0.717, 1.165) is 12.0 Å². The predicted molar refractivity (Wildman–Crippen MR) is 91.5 cm³/mol. The summed E-state index contributed by atoms with van der Waals surface area (Å²) in [6.07, 6.45) is 1.34. The Labute approximate surface area is 133 Å². The SMILES string of the molecule is CC(C)(C)CC(=O)NC(Cc1ccccc1)c1ccccc1. The van der Waals surface area contributed by atoms with E-state index >= 15 is 0 Å². The second kappa shape index (κ2) is 7.26. The van der Waals surface area contributed by atoms with Gasteiger partial charge in [-0.3, -0.25) is 4.79 Å². The molecule has 1 N–H and O–H groups in total. The van der Waals surface area contributed by atoms with Gasteiger partial charge in [0.25, 0.3) is 0 Å². The molecule has 2 aromatic rings.